The predicted molar refractivity (Wildman–Crippen MR) is 118 cm³/mol. The summed E-state index contributed by atoms with van der Waals surface area (Å²) in [6.45, 7) is 9.92. The maximum absolute atomic E-state index is 11.4. The monoisotopic (exact) mass is 412 g/mol. The van der Waals surface area contributed by atoms with Crippen molar-refractivity contribution in [1.82, 2.24) is 5.43 Å². The third-order valence-electron chi connectivity index (χ3n) is 8.74. The molecule has 30 heavy (non-hydrogen) atoms. The highest BCUT2D eigenvalue weighted by Crippen LogP contribution is 2.65. The van der Waals surface area contributed by atoms with Crippen LogP contribution in [0.4, 0.5) is 0 Å². The molecule has 4 rings (SSSR count). The molecule has 1 N–H and O–H groups in total. The number of ether oxygens (including phenoxy) is 1. The van der Waals surface area contributed by atoms with Crippen molar-refractivity contribution in [3.8, 4) is 0 Å². The van der Waals surface area contributed by atoms with Gasteiger partial charge in [0.05, 0.1) is 5.71 Å². The summed E-state index contributed by atoms with van der Waals surface area (Å²) in [6, 6.07) is 0. The smallest absolute Gasteiger partial charge is 0.302 e. The van der Waals surface area contributed by atoms with Crippen molar-refractivity contribution in [2.75, 3.05) is 0 Å². The molecular weight excluding hydrogens is 376 g/mol. The molecule has 164 valence electrons. The Kier molecular flexibility index (Phi) is 5.44. The average molecular weight is 413 g/mol. The molecular formula is C25H36N2O3. The quantitative estimate of drug-likeness (QED) is 0.309. The minimum atomic E-state index is -0.160. The Morgan fingerprint density at radius 3 is 2.47 bits per heavy atom. The van der Waals surface area contributed by atoms with Gasteiger partial charge >= 0.3 is 5.97 Å². The van der Waals surface area contributed by atoms with Gasteiger partial charge in [-0.05, 0) is 79.6 Å². The van der Waals surface area contributed by atoms with Gasteiger partial charge in [0.2, 0.25) is 5.91 Å². The lowest BCUT2D eigenvalue weighted by Crippen LogP contribution is -2.50. The lowest BCUT2D eigenvalue weighted by atomic mass is 9.47. The van der Waals surface area contributed by atoms with E-state index in [1.54, 1.807) is 0 Å². The SMILES string of the molecule is CC(=O)N/N=C(/C)C1=CCC2C3CC=C4C[C@@H](OC(C)=O)CC[C@]4(C)C3CC[C@]12C. The highest BCUT2D eigenvalue weighted by atomic mass is 16.5. The van der Waals surface area contributed by atoms with Crippen LogP contribution in [0.5, 0.6) is 0 Å². The predicted octanol–water partition coefficient (Wildman–Crippen LogP) is 4.93. The summed E-state index contributed by atoms with van der Waals surface area (Å²) >= 11 is 0. The molecule has 0 aliphatic heterocycles. The molecule has 4 aliphatic carbocycles. The molecule has 2 fully saturated rings. The van der Waals surface area contributed by atoms with Crippen molar-refractivity contribution < 1.29 is 14.3 Å². The van der Waals surface area contributed by atoms with Crippen molar-refractivity contribution in [3.63, 3.8) is 0 Å². The van der Waals surface area contributed by atoms with Crippen molar-refractivity contribution >= 4 is 17.6 Å². The molecule has 0 bridgehead atoms. The standard InChI is InChI=1S/C25H36N2O3/c1-15(26-27-16(2)28)21-8-9-22-20-7-6-18-14-19(30-17(3)29)10-12-24(18,4)23(20)11-13-25(21,22)5/h6,8,19-20,22-23H,7,9-14H2,1-5H3,(H,27,28)/b26-15-/t19-,20?,22?,23?,24-,25+/m0/s1. The summed E-state index contributed by atoms with van der Waals surface area (Å²) in [6.07, 6.45) is 12.6. The van der Waals surface area contributed by atoms with Gasteiger partial charge in [0.15, 0.2) is 0 Å². The van der Waals surface area contributed by atoms with Crippen LogP contribution in [-0.4, -0.2) is 23.7 Å². The van der Waals surface area contributed by atoms with E-state index in [1.807, 2.05) is 6.92 Å². The summed E-state index contributed by atoms with van der Waals surface area (Å²) in [7, 11) is 0. The van der Waals surface area contributed by atoms with Gasteiger partial charge in [-0.2, -0.15) is 5.10 Å². The summed E-state index contributed by atoms with van der Waals surface area (Å²) in [5.74, 6) is 1.74. The maximum Gasteiger partial charge on any atom is 0.302 e. The number of carbonyl (C=O) groups excluding carboxylic acids is 2. The number of nitrogens with zero attached hydrogens (tertiary/aromatic N) is 1. The van der Waals surface area contributed by atoms with E-state index in [0.29, 0.717) is 17.8 Å². The average Bonchev–Trinajstić information content (AvgIpc) is 3.03. The number of rotatable bonds is 3. The molecule has 6 atom stereocenters. The van der Waals surface area contributed by atoms with Crippen LogP contribution in [0.25, 0.3) is 0 Å². The van der Waals surface area contributed by atoms with E-state index in [9.17, 15) is 9.59 Å². The summed E-state index contributed by atoms with van der Waals surface area (Å²) in [4.78, 5) is 22.7. The van der Waals surface area contributed by atoms with Crippen LogP contribution in [0, 0.1) is 28.6 Å². The van der Waals surface area contributed by atoms with Crippen molar-refractivity contribution in [1.29, 1.82) is 0 Å². The number of esters is 1. The second kappa shape index (κ2) is 7.65. The zero-order chi connectivity index (χ0) is 21.7. The fourth-order valence-corrected chi connectivity index (χ4v) is 7.31. The number of amides is 1. The van der Waals surface area contributed by atoms with Crippen LogP contribution in [0.3, 0.4) is 0 Å². The van der Waals surface area contributed by atoms with Gasteiger partial charge in [0, 0.05) is 20.3 Å². The second-order valence-electron chi connectivity index (χ2n) is 10.4. The lowest BCUT2D eigenvalue weighted by molar-refractivity contribution is -0.148. The number of fused-ring (bicyclic) bond motifs is 5. The normalized spacial score (nSPS) is 40.4. The first-order valence-electron chi connectivity index (χ1n) is 11.5. The number of hydrazone groups is 1. The Balaban J connectivity index is 1.55. The van der Waals surface area contributed by atoms with Gasteiger partial charge in [0.1, 0.15) is 6.10 Å². The Morgan fingerprint density at radius 2 is 1.77 bits per heavy atom. The molecule has 4 aliphatic rings. The minimum Gasteiger partial charge on any atom is -0.462 e. The fraction of sp³-hybridized carbons (Fsp3) is 0.720. The molecule has 0 radical (unpaired) electrons. The van der Waals surface area contributed by atoms with Crippen LogP contribution in [-0.2, 0) is 14.3 Å². The van der Waals surface area contributed by atoms with Crippen LogP contribution >= 0.6 is 0 Å². The zero-order valence-electron chi connectivity index (χ0n) is 19.1. The zero-order valence-corrected chi connectivity index (χ0v) is 19.1. The van der Waals surface area contributed by atoms with Gasteiger partial charge in [-0.3, -0.25) is 9.59 Å². The number of nitrogens with one attached hydrogen (secondary N) is 1. The number of hydrogen-bond acceptors (Lipinski definition) is 4. The van der Waals surface area contributed by atoms with E-state index in [1.165, 1.54) is 37.8 Å². The van der Waals surface area contributed by atoms with Gasteiger partial charge in [0.25, 0.3) is 0 Å². The number of allylic oxidation sites excluding steroid dienone is 3. The molecule has 0 aromatic heterocycles. The molecule has 0 heterocycles. The highest BCUT2D eigenvalue weighted by molar-refractivity contribution is 6.00. The molecule has 0 spiro atoms. The van der Waals surface area contributed by atoms with Crippen molar-refractivity contribution in [3.05, 3.63) is 23.3 Å². The molecule has 1 amide bonds. The summed E-state index contributed by atoms with van der Waals surface area (Å²) in [5, 5.41) is 4.35. The van der Waals surface area contributed by atoms with E-state index in [-0.39, 0.29) is 28.8 Å². The van der Waals surface area contributed by atoms with Gasteiger partial charge < -0.3 is 4.74 Å². The second-order valence-corrected chi connectivity index (χ2v) is 10.4. The first kappa shape index (κ1) is 21.3. The molecule has 5 nitrogen and oxygen atoms in total. The van der Waals surface area contributed by atoms with Crippen LogP contribution < -0.4 is 5.43 Å². The van der Waals surface area contributed by atoms with Crippen LogP contribution in [0.15, 0.2) is 28.4 Å². The van der Waals surface area contributed by atoms with E-state index >= 15 is 0 Å². The minimum absolute atomic E-state index is 0.0552. The summed E-state index contributed by atoms with van der Waals surface area (Å²) < 4.78 is 5.56. The Morgan fingerprint density at radius 1 is 1.03 bits per heavy atom. The molecule has 2 saturated carbocycles. The fourth-order valence-electron chi connectivity index (χ4n) is 7.31. The third-order valence-corrected chi connectivity index (χ3v) is 8.74. The Hall–Kier alpha value is -1.91. The first-order valence-corrected chi connectivity index (χ1v) is 11.5. The molecule has 3 unspecified atom stereocenters. The van der Waals surface area contributed by atoms with E-state index in [0.717, 1.165) is 37.8 Å². The van der Waals surface area contributed by atoms with Gasteiger partial charge in [-0.25, -0.2) is 5.43 Å². The van der Waals surface area contributed by atoms with Crippen LogP contribution in [0.1, 0.15) is 79.6 Å². The molecule has 0 aromatic carbocycles. The topological polar surface area (TPSA) is 67.8 Å². The number of hydrogen-bond donors (Lipinski definition) is 1. The van der Waals surface area contributed by atoms with Crippen molar-refractivity contribution in [2.24, 2.45) is 33.7 Å². The van der Waals surface area contributed by atoms with Gasteiger partial charge in [-0.15, -0.1) is 0 Å². The van der Waals surface area contributed by atoms with E-state index in [2.05, 4.69) is 36.5 Å². The highest BCUT2D eigenvalue weighted by Gasteiger charge is 2.57. The van der Waals surface area contributed by atoms with Crippen LogP contribution in [0.2, 0.25) is 0 Å². The first-order chi connectivity index (χ1) is 14.1. The Labute approximate surface area is 180 Å². The Bertz CT molecular complexity index is 841. The van der Waals surface area contributed by atoms with E-state index < -0.39 is 0 Å². The molecule has 5 heteroatoms. The third kappa shape index (κ3) is 3.44. The van der Waals surface area contributed by atoms with Gasteiger partial charge in [-0.1, -0.05) is 31.6 Å². The number of carbonyl (C=O) groups is 2. The maximum atomic E-state index is 11.4. The summed E-state index contributed by atoms with van der Waals surface area (Å²) in [5.41, 5.74) is 6.81. The van der Waals surface area contributed by atoms with Crippen molar-refractivity contribution in [2.45, 2.75) is 85.7 Å². The molecule has 0 saturated heterocycles. The molecule has 0 aromatic rings. The lowest BCUT2D eigenvalue weighted by Gasteiger charge is -2.57. The largest absolute Gasteiger partial charge is 0.462 e. The van der Waals surface area contributed by atoms with E-state index in [4.69, 9.17) is 4.74 Å².